The summed E-state index contributed by atoms with van der Waals surface area (Å²) in [7, 11) is 0. The third-order valence-corrected chi connectivity index (χ3v) is 26.4. The van der Waals surface area contributed by atoms with Crippen LogP contribution in [0, 0.1) is 76.4 Å². The van der Waals surface area contributed by atoms with Gasteiger partial charge in [-0.25, -0.2) is 22.0 Å². The quantitative estimate of drug-likeness (QED) is 0.0631. The van der Waals surface area contributed by atoms with Crippen LogP contribution in [-0.2, 0) is 6.42 Å². The Hall–Kier alpha value is -13.3. The second-order valence-electron chi connectivity index (χ2n) is 29.9. The molecule has 1 saturated heterocycles. The maximum absolute atomic E-state index is 13.7. The molecule has 1 atom stereocenters. The van der Waals surface area contributed by atoms with E-state index in [1.54, 1.807) is 137 Å². The zero-order valence-electron chi connectivity index (χ0n) is 71.5. The van der Waals surface area contributed by atoms with Gasteiger partial charge in [-0.3, -0.25) is 24.9 Å². The summed E-state index contributed by atoms with van der Waals surface area (Å²) in [6, 6.07) is 75.1. The molecule has 6 aromatic carbocycles. The molecule has 17 aromatic rings. The molecule has 0 saturated carbocycles. The van der Waals surface area contributed by atoms with E-state index in [1.807, 2.05) is 146 Å². The van der Waals surface area contributed by atoms with E-state index in [0.717, 1.165) is 189 Å². The molecule has 129 heavy (non-hydrogen) atoms. The van der Waals surface area contributed by atoms with Gasteiger partial charge in [0.25, 0.3) is 0 Å². The third kappa shape index (κ3) is 25.8. The maximum atomic E-state index is 13.7. The van der Waals surface area contributed by atoms with Crippen molar-refractivity contribution in [3.05, 3.63) is 377 Å². The van der Waals surface area contributed by atoms with Gasteiger partial charge in [0.15, 0.2) is 0 Å². The molecule has 1 fully saturated rings. The van der Waals surface area contributed by atoms with Crippen molar-refractivity contribution >= 4 is 56.7 Å². The van der Waals surface area contributed by atoms with Crippen LogP contribution in [0.15, 0.2) is 321 Å². The van der Waals surface area contributed by atoms with Crippen molar-refractivity contribution in [3.8, 4) is 166 Å². The second kappa shape index (κ2) is 47.5. The molecular weight excluding hydrogens is 1700 g/mol. The first-order valence-corrected chi connectivity index (χ1v) is 46.9. The van der Waals surface area contributed by atoms with E-state index >= 15 is 0 Å². The van der Waals surface area contributed by atoms with E-state index in [0.29, 0.717) is 12.2 Å². The predicted molar refractivity (Wildman–Crippen MR) is 525 cm³/mol. The molecule has 11 aromatic heterocycles. The summed E-state index contributed by atoms with van der Waals surface area (Å²) >= 11 is 8.15. The van der Waals surface area contributed by atoms with Gasteiger partial charge in [-0.1, -0.05) is 166 Å². The number of likely N-dealkylation sites (tertiary alicyclic amines) is 1. The van der Waals surface area contributed by atoms with E-state index in [4.69, 9.17) is 4.42 Å². The Morgan fingerprint density at radius 3 is 1.02 bits per heavy atom. The lowest BCUT2D eigenvalue weighted by molar-refractivity contribution is 0.169. The molecule has 1 aliphatic rings. The Balaban J connectivity index is 0.000000131. The molecule has 1 unspecified atom stereocenters. The van der Waals surface area contributed by atoms with Crippen LogP contribution >= 0.6 is 56.7 Å². The van der Waals surface area contributed by atoms with Crippen LogP contribution in [0.5, 0.6) is 0 Å². The summed E-state index contributed by atoms with van der Waals surface area (Å²) in [5.74, 6) is 25.4. The standard InChI is InChI=1S/C28H22FNO2S.C24H23FN2S.2C20H16FNS.C19H14FNS/c29-22-11-9-21(10-12-22)27-25(20-14-16-30-17-15-20)26(28(33-27)24-7-4-18-32-24)23(31)13-8-19-5-2-1-3-6-19;25-21-9-7-20(8-10-21)24-23(19-11-13-26-14-12-19)18-22(28-24)6-2-5-17-27-15-3-1-4-16-27;2*1-2-3-4-5-18-14-19(15-10-12-22-13-11-15)20(23-18)16-6-8-17(21)9-7-16;1-2-3-4-17-13-18(14-9-11-21-12-10-14)19(22-17)15-5-7-16(20)8-6-15/h1-7,9-12,14-18,23,31H,8,13H2;7-14,18H,1,3-5,15-17H2;2*6-14H,2-3H2,1H3;5-13H,2H2,1H3. The fraction of sp³-hybridized carbons (Fsp3) is 0.162. The minimum absolute atomic E-state index is 0.219. The first kappa shape index (κ1) is 91.9. The van der Waals surface area contributed by atoms with Crippen molar-refractivity contribution < 1.29 is 31.5 Å². The molecule has 18 rings (SSSR count). The van der Waals surface area contributed by atoms with Crippen molar-refractivity contribution in [1.82, 2.24) is 29.8 Å². The Labute approximate surface area is 771 Å². The minimum Gasteiger partial charge on any atom is -0.464 e. The lowest BCUT2D eigenvalue weighted by Crippen LogP contribution is -2.30. The molecule has 642 valence electrons. The fourth-order valence-corrected chi connectivity index (χ4v) is 20.0. The first-order chi connectivity index (χ1) is 63.3. The number of nitrogens with zero attached hydrogens (tertiary/aromatic N) is 6. The second-order valence-corrected chi connectivity index (χ2v) is 35.1. The number of benzene rings is 6. The molecule has 0 amide bonds. The van der Waals surface area contributed by atoms with Crippen LogP contribution in [-0.4, -0.2) is 54.6 Å². The highest BCUT2D eigenvalue weighted by Gasteiger charge is 2.28. The highest BCUT2D eigenvalue weighted by atomic mass is 32.1. The number of aliphatic hydroxyl groups is 1. The number of unbranched alkanes of at least 4 members (excludes halogenated alkanes) is 2. The summed E-state index contributed by atoms with van der Waals surface area (Å²) < 4.78 is 72.4. The molecule has 8 nitrogen and oxygen atoms in total. The molecule has 0 radical (unpaired) electrons. The van der Waals surface area contributed by atoms with Gasteiger partial charge in [-0.05, 0) is 271 Å². The number of pyridine rings is 5. The van der Waals surface area contributed by atoms with Gasteiger partial charge in [0.05, 0.1) is 36.8 Å². The summed E-state index contributed by atoms with van der Waals surface area (Å²) in [5, 5.41) is 11.5. The van der Waals surface area contributed by atoms with Crippen LogP contribution in [0.2, 0.25) is 0 Å². The van der Waals surface area contributed by atoms with Crippen LogP contribution < -0.4 is 0 Å². The number of aromatic nitrogens is 5. The van der Waals surface area contributed by atoms with Gasteiger partial charge in [-0.15, -0.1) is 56.7 Å². The van der Waals surface area contributed by atoms with Gasteiger partial charge < -0.3 is 14.4 Å². The molecule has 0 bridgehead atoms. The van der Waals surface area contributed by atoms with E-state index in [-0.39, 0.29) is 29.1 Å². The zero-order chi connectivity index (χ0) is 89.3. The van der Waals surface area contributed by atoms with Crippen molar-refractivity contribution in [2.45, 2.75) is 97.5 Å². The van der Waals surface area contributed by atoms with Crippen LogP contribution in [0.3, 0.4) is 0 Å². The van der Waals surface area contributed by atoms with Gasteiger partial charge in [0.1, 0.15) is 34.8 Å². The number of aryl methyl sites for hydroxylation is 1. The number of hydrogen-bond acceptors (Lipinski definition) is 13. The average Bonchev–Trinajstić information content (AvgIpc) is 1.60. The Morgan fingerprint density at radius 1 is 0.349 bits per heavy atom. The average molecular weight is 1800 g/mol. The summed E-state index contributed by atoms with van der Waals surface area (Å²) in [5.41, 5.74) is 17.7. The van der Waals surface area contributed by atoms with Crippen molar-refractivity contribution in [1.29, 1.82) is 0 Å². The third-order valence-electron chi connectivity index (χ3n) is 20.7. The number of rotatable bonds is 19. The number of aliphatic hydroxyl groups excluding tert-OH is 1. The Bertz CT molecular complexity index is 6510. The van der Waals surface area contributed by atoms with Gasteiger partial charge in [0.2, 0.25) is 0 Å². The van der Waals surface area contributed by atoms with Crippen molar-refractivity contribution in [2.24, 2.45) is 0 Å². The molecule has 12 heterocycles. The fourth-order valence-electron chi connectivity index (χ4n) is 14.4. The van der Waals surface area contributed by atoms with E-state index in [2.05, 4.69) is 127 Å². The number of furan rings is 1. The van der Waals surface area contributed by atoms with Crippen molar-refractivity contribution in [3.63, 3.8) is 0 Å². The molecule has 0 spiro atoms. The SMILES string of the molecule is CCC#Cc1cc(-c2ccncc2)c(-c2ccc(F)cc2)s1.CCCC#Cc1cc(-c2ccncc2)c(-c2ccc(F)cc2)s1.CCCC#Cc1cc(-c2ccncc2)c(-c2ccc(F)cc2)s1.Fc1ccc(-c2sc(C#CCCN3CCCCC3)cc2-c2ccncc2)cc1.OC(CCc1ccccc1)c1c(-c2ccco2)sc(-c2ccc(F)cc2)c1-c1ccncc1. The van der Waals surface area contributed by atoms with E-state index in [1.165, 1.54) is 98.6 Å². The maximum Gasteiger partial charge on any atom is 0.144 e. The highest BCUT2D eigenvalue weighted by Crippen LogP contribution is 2.51. The minimum atomic E-state index is -0.709. The largest absolute Gasteiger partial charge is 0.464 e. The topological polar surface area (TPSA) is 101 Å². The summed E-state index contributed by atoms with van der Waals surface area (Å²) in [6.07, 6.45) is 29.6. The monoisotopic (exact) mass is 1790 g/mol. The normalized spacial score (nSPS) is 11.6. The molecule has 18 heteroatoms. The lowest BCUT2D eigenvalue weighted by Gasteiger charge is -2.25. The number of thiophene rings is 5. The molecule has 0 aliphatic carbocycles. The predicted octanol–water partition coefficient (Wildman–Crippen LogP) is 30.3. The van der Waals surface area contributed by atoms with Crippen LogP contribution in [0.25, 0.3) is 118 Å². The van der Waals surface area contributed by atoms with E-state index < -0.39 is 6.10 Å². The van der Waals surface area contributed by atoms with Crippen LogP contribution in [0.4, 0.5) is 22.0 Å². The first-order valence-electron chi connectivity index (χ1n) is 42.8. The summed E-state index contributed by atoms with van der Waals surface area (Å²) in [6.45, 7) is 9.75. The zero-order valence-corrected chi connectivity index (χ0v) is 75.6. The molecule has 1 N–H and O–H groups in total. The molecule has 1 aliphatic heterocycles. The van der Waals surface area contributed by atoms with E-state index in [9.17, 15) is 27.1 Å². The highest BCUT2D eigenvalue weighted by molar-refractivity contribution is 7.20. The number of halogens is 5. The molecular formula is C111H91F5N6O2S5. The summed E-state index contributed by atoms with van der Waals surface area (Å²) in [4.78, 5) is 33.4. The smallest absolute Gasteiger partial charge is 0.144 e. The van der Waals surface area contributed by atoms with Gasteiger partial charge >= 0.3 is 0 Å². The van der Waals surface area contributed by atoms with Crippen LogP contribution in [0.1, 0.15) is 122 Å². The lowest BCUT2D eigenvalue weighted by atomic mass is 9.92. The van der Waals surface area contributed by atoms with Gasteiger partial charge in [0, 0.05) is 152 Å². The Kier molecular flexibility index (Phi) is 33.8. The Morgan fingerprint density at radius 2 is 0.682 bits per heavy atom. The number of hydrogen-bond donors (Lipinski definition) is 1. The van der Waals surface area contributed by atoms with Gasteiger partial charge in [-0.2, -0.15) is 0 Å². The number of piperidine rings is 1. The van der Waals surface area contributed by atoms with Crippen molar-refractivity contribution in [2.75, 3.05) is 19.6 Å².